The van der Waals surface area contributed by atoms with Gasteiger partial charge in [-0.1, -0.05) is 0 Å². The van der Waals surface area contributed by atoms with Crippen LogP contribution in [0.3, 0.4) is 0 Å². The Hall–Kier alpha value is 0.318. The Balaban J connectivity index is 1.72. The van der Waals surface area contributed by atoms with Gasteiger partial charge in [0.1, 0.15) is 0 Å². The van der Waals surface area contributed by atoms with Crippen molar-refractivity contribution in [1.82, 2.24) is 0 Å². The fourth-order valence-electron chi connectivity index (χ4n) is 1.66. The van der Waals surface area contributed by atoms with Gasteiger partial charge in [0.2, 0.25) is 0 Å². The molecule has 3 rings (SSSR count). The number of hydrogen-bond donors (Lipinski definition) is 0. The van der Waals surface area contributed by atoms with E-state index in [1.807, 2.05) is 13.7 Å². The maximum atomic E-state index is 5.50. The van der Waals surface area contributed by atoms with Gasteiger partial charge in [-0.3, -0.25) is 0 Å². The Morgan fingerprint density at radius 1 is 0.947 bits per heavy atom. The summed E-state index contributed by atoms with van der Waals surface area (Å²) in [7, 11) is 0. The van der Waals surface area contributed by atoms with Crippen LogP contribution in [0.2, 0.25) is 0 Å². The number of benzene rings is 1. The molecule has 0 saturated carbocycles. The van der Waals surface area contributed by atoms with E-state index >= 15 is 0 Å². The second kappa shape index (κ2) is 6.85. The van der Waals surface area contributed by atoms with Crippen molar-refractivity contribution in [1.29, 1.82) is 0 Å². The van der Waals surface area contributed by atoms with Crippen molar-refractivity contribution in [3.63, 3.8) is 0 Å². The van der Waals surface area contributed by atoms with Crippen LogP contribution in [-0.4, -0.2) is 66.4 Å². The van der Waals surface area contributed by atoms with Gasteiger partial charge < -0.3 is 0 Å². The van der Waals surface area contributed by atoms with Crippen LogP contribution >= 0.6 is 0 Å². The van der Waals surface area contributed by atoms with Crippen LogP contribution in [0.1, 0.15) is 12.5 Å². The molecule has 0 spiro atoms. The van der Waals surface area contributed by atoms with Gasteiger partial charge in [-0.05, 0) is 0 Å². The summed E-state index contributed by atoms with van der Waals surface area (Å²) in [5.74, 6) is 0.980. The van der Waals surface area contributed by atoms with Crippen LogP contribution in [-0.2, 0) is 0 Å². The Labute approximate surface area is 139 Å². The molecular formula is C14H12OSe4. The summed E-state index contributed by atoms with van der Waals surface area (Å²) in [5.41, 5.74) is 1.40. The van der Waals surface area contributed by atoms with Crippen molar-refractivity contribution in [2.24, 2.45) is 0 Å². The first-order valence-electron chi connectivity index (χ1n) is 5.87. The van der Waals surface area contributed by atoms with E-state index < -0.39 is 0 Å². The van der Waals surface area contributed by atoms with Gasteiger partial charge in [-0.15, -0.1) is 0 Å². The summed E-state index contributed by atoms with van der Waals surface area (Å²) < 4.78 is 10.7. The van der Waals surface area contributed by atoms with Crippen molar-refractivity contribution in [3.8, 4) is 5.75 Å². The van der Waals surface area contributed by atoms with E-state index in [0.717, 1.165) is 12.4 Å². The quantitative estimate of drug-likeness (QED) is 0.563. The molecule has 1 aromatic rings. The molecule has 2 aliphatic rings. The maximum absolute atomic E-state index is 5.50. The molecule has 0 bridgehead atoms. The third-order valence-electron chi connectivity index (χ3n) is 2.50. The van der Waals surface area contributed by atoms with Gasteiger partial charge in [0.25, 0.3) is 0 Å². The molecule has 0 N–H and O–H groups in total. The van der Waals surface area contributed by atoms with Crippen molar-refractivity contribution in [2.75, 3.05) is 6.61 Å². The zero-order chi connectivity index (χ0) is 13.1. The molecule has 2 aliphatic heterocycles. The predicted molar refractivity (Wildman–Crippen MR) is 84.8 cm³/mol. The summed E-state index contributed by atoms with van der Waals surface area (Å²) in [4.78, 5) is 7.29. The molecule has 1 nitrogen and oxygen atoms in total. The van der Waals surface area contributed by atoms with E-state index in [-0.39, 0.29) is 0 Å². The second-order valence-electron chi connectivity index (χ2n) is 3.74. The molecule has 0 saturated heterocycles. The van der Waals surface area contributed by atoms with Crippen LogP contribution in [0, 0.1) is 0 Å². The van der Waals surface area contributed by atoms with Crippen molar-refractivity contribution < 1.29 is 4.74 Å². The third kappa shape index (κ3) is 3.50. The van der Waals surface area contributed by atoms with Crippen molar-refractivity contribution in [2.45, 2.75) is 6.92 Å². The van der Waals surface area contributed by atoms with Gasteiger partial charge in [-0.2, -0.15) is 0 Å². The molecule has 0 unspecified atom stereocenters. The van der Waals surface area contributed by atoms with E-state index in [9.17, 15) is 0 Å². The Morgan fingerprint density at radius 2 is 1.68 bits per heavy atom. The number of ether oxygens (including phenoxy) is 1. The standard InChI is InChI=1S/C14H12OSe4/c1-2-15-11-5-3-10(4-6-11)12-9-18-14(19-12)13-16-7-8-17-13/h3-9H,2H2,1H3. The van der Waals surface area contributed by atoms with Crippen LogP contribution in [0.25, 0.3) is 4.47 Å². The van der Waals surface area contributed by atoms with Crippen LogP contribution in [0.4, 0.5) is 0 Å². The van der Waals surface area contributed by atoms with E-state index in [2.05, 4.69) is 39.2 Å². The normalized spacial score (nSPS) is 18.1. The second-order valence-corrected chi connectivity index (χ2v) is 14.3. The monoisotopic (exact) mass is 516 g/mol. The fraction of sp³-hybridized carbons (Fsp3) is 0.143. The molecule has 1 aromatic carbocycles. The average molecular weight is 512 g/mol. The van der Waals surface area contributed by atoms with Crippen molar-refractivity contribution >= 4 is 64.3 Å². The Kier molecular flexibility index (Phi) is 5.14. The minimum absolute atomic E-state index is 0.581. The predicted octanol–water partition coefficient (Wildman–Crippen LogP) is 1.83. The van der Waals surface area contributed by atoms with Gasteiger partial charge >= 0.3 is 140 Å². The first-order valence-corrected chi connectivity index (χ1v) is 13.1. The molecule has 0 amide bonds. The van der Waals surface area contributed by atoms with Crippen molar-refractivity contribution in [3.05, 3.63) is 51.5 Å². The molecule has 0 fully saturated rings. The number of hydrogen-bond acceptors (Lipinski definition) is 1. The zero-order valence-electron chi connectivity index (χ0n) is 10.3. The SMILES string of the molecule is CCOc1ccc(C2=C[Se]C(=C3[Se]C=C[Se]3)[Se]2)cc1. The van der Waals surface area contributed by atoms with E-state index in [1.54, 1.807) is 4.47 Å². The molecule has 0 radical (unpaired) electrons. The van der Waals surface area contributed by atoms with Crippen LogP contribution in [0.15, 0.2) is 45.9 Å². The summed E-state index contributed by atoms with van der Waals surface area (Å²) in [6.07, 6.45) is 0. The van der Waals surface area contributed by atoms with Crippen LogP contribution in [0.5, 0.6) is 5.75 Å². The summed E-state index contributed by atoms with van der Waals surface area (Å²) >= 11 is 2.57. The molecule has 2 heterocycles. The topological polar surface area (TPSA) is 9.23 Å². The minimum atomic E-state index is 0.581. The average Bonchev–Trinajstić information content (AvgIpc) is 3.11. The summed E-state index contributed by atoms with van der Waals surface area (Å²) in [5, 5.41) is 0. The molecule has 0 atom stereocenters. The van der Waals surface area contributed by atoms with E-state index in [0.29, 0.717) is 59.8 Å². The molecule has 0 aliphatic carbocycles. The zero-order valence-corrected chi connectivity index (χ0v) is 17.1. The molecule has 19 heavy (non-hydrogen) atoms. The Morgan fingerprint density at radius 3 is 2.37 bits per heavy atom. The summed E-state index contributed by atoms with van der Waals surface area (Å²) in [6.45, 7) is 2.76. The Bertz CT molecular complexity index is 547. The van der Waals surface area contributed by atoms with Gasteiger partial charge in [0.05, 0.1) is 0 Å². The molecule has 0 aromatic heterocycles. The first-order chi connectivity index (χ1) is 9.36. The first kappa shape index (κ1) is 14.3. The van der Waals surface area contributed by atoms with E-state index in [4.69, 9.17) is 4.74 Å². The van der Waals surface area contributed by atoms with Crippen LogP contribution < -0.4 is 4.74 Å². The van der Waals surface area contributed by atoms with Gasteiger partial charge in [-0.25, -0.2) is 0 Å². The number of rotatable bonds is 3. The molecule has 98 valence electrons. The van der Waals surface area contributed by atoms with Gasteiger partial charge in [0, 0.05) is 0 Å². The third-order valence-corrected chi connectivity index (χ3v) is 17.3. The molecular weight excluding hydrogens is 500 g/mol. The van der Waals surface area contributed by atoms with E-state index in [1.165, 1.54) is 5.56 Å². The molecule has 5 heteroatoms. The van der Waals surface area contributed by atoms with Gasteiger partial charge in [0.15, 0.2) is 0 Å². The fourth-order valence-corrected chi connectivity index (χ4v) is 15.4. The summed E-state index contributed by atoms with van der Waals surface area (Å²) in [6, 6.07) is 8.62.